The topological polar surface area (TPSA) is 37.4 Å². The average molecular weight is 283 g/mol. The van der Waals surface area contributed by atoms with E-state index in [1.807, 2.05) is 0 Å². The maximum atomic E-state index is 5.77. The zero-order valence-electron chi connectivity index (χ0n) is 12.3. The van der Waals surface area contributed by atoms with Crippen molar-refractivity contribution in [3.05, 3.63) is 11.1 Å². The summed E-state index contributed by atoms with van der Waals surface area (Å²) in [5.41, 5.74) is 1.15. The Bertz CT molecular complexity index is 386. The van der Waals surface area contributed by atoms with Crippen molar-refractivity contribution >= 4 is 16.5 Å². The summed E-state index contributed by atoms with van der Waals surface area (Å²) in [7, 11) is 0. The van der Waals surface area contributed by atoms with E-state index in [1.165, 1.54) is 0 Å². The van der Waals surface area contributed by atoms with E-state index in [9.17, 15) is 0 Å². The zero-order chi connectivity index (χ0) is 13.8. The van der Waals surface area contributed by atoms with Gasteiger partial charge in [-0.25, -0.2) is 4.98 Å². The van der Waals surface area contributed by atoms with Crippen molar-refractivity contribution in [2.45, 2.75) is 52.4 Å². The smallest absolute Gasteiger partial charge is 0.185 e. The first-order chi connectivity index (χ1) is 9.10. The molecule has 0 bridgehead atoms. The van der Waals surface area contributed by atoms with Crippen LogP contribution in [0.5, 0.6) is 0 Å². The first-order valence-electron chi connectivity index (χ1n) is 7.19. The summed E-state index contributed by atoms with van der Waals surface area (Å²) >= 11 is 1.74. The van der Waals surface area contributed by atoms with Crippen LogP contribution in [0.3, 0.4) is 0 Å². The molecule has 4 nitrogen and oxygen atoms in total. The van der Waals surface area contributed by atoms with Crippen LogP contribution in [0.1, 0.15) is 45.9 Å². The maximum Gasteiger partial charge on any atom is 0.185 e. The Hall–Kier alpha value is -0.650. The molecule has 3 atom stereocenters. The van der Waals surface area contributed by atoms with Gasteiger partial charge in [-0.3, -0.25) is 0 Å². The summed E-state index contributed by atoms with van der Waals surface area (Å²) in [5, 5.41) is 6.78. The van der Waals surface area contributed by atoms with Crippen LogP contribution in [-0.2, 0) is 4.74 Å². The van der Waals surface area contributed by atoms with Crippen molar-refractivity contribution in [1.29, 1.82) is 0 Å². The van der Waals surface area contributed by atoms with Crippen LogP contribution in [-0.4, -0.2) is 36.8 Å². The number of nitrogens with zero attached hydrogens (tertiary/aromatic N) is 2. The molecule has 1 aromatic heterocycles. The highest BCUT2D eigenvalue weighted by Crippen LogP contribution is 2.26. The predicted molar refractivity (Wildman–Crippen MR) is 81.0 cm³/mol. The Morgan fingerprint density at radius 2 is 2.16 bits per heavy atom. The van der Waals surface area contributed by atoms with E-state index < -0.39 is 0 Å². The Kier molecular flexibility index (Phi) is 5.19. The molecule has 0 saturated carbocycles. The van der Waals surface area contributed by atoms with Crippen LogP contribution in [0, 0.1) is 0 Å². The molecule has 5 heteroatoms. The van der Waals surface area contributed by atoms with Gasteiger partial charge in [-0.1, -0.05) is 6.92 Å². The average Bonchev–Trinajstić information content (AvgIpc) is 2.84. The van der Waals surface area contributed by atoms with Crippen LogP contribution in [0.4, 0.5) is 5.13 Å². The predicted octanol–water partition coefficient (Wildman–Crippen LogP) is 2.82. The monoisotopic (exact) mass is 283 g/mol. The number of morpholine rings is 1. The van der Waals surface area contributed by atoms with Crippen LogP contribution in [0.2, 0.25) is 0 Å². The van der Waals surface area contributed by atoms with Crippen molar-refractivity contribution < 1.29 is 4.74 Å². The summed E-state index contributed by atoms with van der Waals surface area (Å²) in [6, 6.07) is 0.334. The van der Waals surface area contributed by atoms with Crippen LogP contribution >= 0.6 is 11.3 Å². The highest BCUT2D eigenvalue weighted by Gasteiger charge is 2.24. The van der Waals surface area contributed by atoms with E-state index in [2.05, 4.69) is 43.3 Å². The molecule has 2 rings (SSSR count). The molecule has 1 N–H and O–H groups in total. The minimum Gasteiger partial charge on any atom is -0.372 e. The van der Waals surface area contributed by atoms with Crippen LogP contribution in [0.15, 0.2) is 5.38 Å². The molecule has 1 aliphatic rings. The molecule has 0 radical (unpaired) electrons. The SMILES string of the molecule is CCCNC(C)c1csc(N2CC(C)OC(C)C2)n1. The van der Waals surface area contributed by atoms with E-state index in [0.717, 1.165) is 36.9 Å². The number of anilines is 1. The molecule has 1 aliphatic heterocycles. The fraction of sp³-hybridized carbons (Fsp3) is 0.786. The van der Waals surface area contributed by atoms with E-state index >= 15 is 0 Å². The van der Waals surface area contributed by atoms with E-state index in [4.69, 9.17) is 9.72 Å². The van der Waals surface area contributed by atoms with Crippen molar-refractivity contribution in [3.8, 4) is 0 Å². The van der Waals surface area contributed by atoms with Gasteiger partial charge in [-0.2, -0.15) is 0 Å². The summed E-state index contributed by atoms with van der Waals surface area (Å²) in [6.45, 7) is 11.5. The van der Waals surface area contributed by atoms with Crippen molar-refractivity contribution in [1.82, 2.24) is 10.3 Å². The lowest BCUT2D eigenvalue weighted by Crippen LogP contribution is -2.45. The minimum absolute atomic E-state index is 0.284. The van der Waals surface area contributed by atoms with Gasteiger partial charge in [-0.05, 0) is 33.7 Å². The fourth-order valence-corrected chi connectivity index (χ4v) is 3.36. The molecule has 108 valence electrons. The molecular weight excluding hydrogens is 258 g/mol. The van der Waals surface area contributed by atoms with Crippen molar-refractivity contribution in [2.24, 2.45) is 0 Å². The number of aromatic nitrogens is 1. The van der Waals surface area contributed by atoms with Gasteiger partial charge in [0.1, 0.15) is 0 Å². The molecule has 0 aliphatic carbocycles. The summed E-state index contributed by atoms with van der Waals surface area (Å²) in [5.74, 6) is 0. The minimum atomic E-state index is 0.284. The largest absolute Gasteiger partial charge is 0.372 e. The van der Waals surface area contributed by atoms with Gasteiger partial charge in [0.2, 0.25) is 0 Å². The van der Waals surface area contributed by atoms with E-state index in [1.54, 1.807) is 11.3 Å². The molecule has 1 aromatic rings. The zero-order valence-corrected chi connectivity index (χ0v) is 13.2. The molecule has 1 fully saturated rings. The number of ether oxygens (including phenoxy) is 1. The quantitative estimate of drug-likeness (QED) is 0.901. The second-order valence-corrected chi connectivity index (χ2v) is 6.23. The Balaban J connectivity index is 1.99. The lowest BCUT2D eigenvalue weighted by atomic mass is 10.2. The number of nitrogens with one attached hydrogen (secondary N) is 1. The molecular formula is C14H25N3OS. The van der Waals surface area contributed by atoms with E-state index in [-0.39, 0.29) is 12.2 Å². The highest BCUT2D eigenvalue weighted by molar-refractivity contribution is 7.13. The van der Waals surface area contributed by atoms with Crippen molar-refractivity contribution in [2.75, 3.05) is 24.5 Å². The second kappa shape index (κ2) is 6.68. The van der Waals surface area contributed by atoms with Gasteiger partial charge in [0.15, 0.2) is 5.13 Å². The Morgan fingerprint density at radius 3 is 2.79 bits per heavy atom. The first-order valence-corrected chi connectivity index (χ1v) is 8.07. The van der Waals surface area contributed by atoms with Gasteiger partial charge in [-0.15, -0.1) is 11.3 Å². The lowest BCUT2D eigenvalue weighted by Gasteiger charge is -2.35. The molecule has 0 spiro atoms. The normalized spacial score (nSPS) is 25.6. The number of rotatable bonds is 5. The maximum absolute atomic E-state index is 5.77. The lowest BCUT2D eigenvalue weighted by molar-refractivity contribution is -0.00523. The molecule has 1 saturated heterocycles. The number of thiazole rings is 1. The number of hydrogen-bond donors (Lipinski definition) is 1. The highest BCUT2D eigenvalue weighted by atomic mass is 32.1. The van der Waals surface area contributed by atoms with Crippen molar-refractivity contribution in [3.63, 3.8) is 0 Å². The number of hydrogen-bond acceptors (Lipinski definition) is 5. The third-order valence-corrected chi connectivity index (χ3v) is 4.26. The molecule has 19 heavy (non-hydrogen) atoms. The standard InChI is InChI=1S/C14H25N3OS/c1-5-6-15-12(4)13-9-19-14(16-13)17-7-10(2)18-11(3)8-17/h9-12,15H,5-8H2,1-4H3. The van der Waals surface area contributed by atoms with Gasteiger partial charge >= 0.3 is 0 Å². The molecule has 3 unspecified atom stereocenters. The van der Waals surface area contributed by atoms with Gasteiger partial charge in [0, 0.05) is 24.5 Å². The summed E-state index contributed by atoms with van der Waals surface area (Å²) < 4.78 is 5.77. The first kappa shape index (κ1) is 14.8. The summed E-state index contributed by atoms with van der Waals surface area (Å²) in [4.78, 5) is 7.13. The van der Waals surface area contributed by atoms with Crippen LogP contribution < -0.4 is 10.2 Å². The Labute approximate surface area is 120 Å². The van der Waals surface area contributed by atoms with Crippen LogP contribution in [0.25, 0.3) is 0 Å². The van der Waals surface area contributed by atoms with E-state index in [0.29, 0.717) is 6.04 Å². The third kappa shape index (κ3) is 3.91. The fourth-order valence-electron chi connectivity index (χ4n) is 2.42. The molecule has 2 heterocycles. The molecule has 0 aromatic carbocycles. The van der Waals surface area contributed by atoms with Gasteiger partial charge in [0.25, 0.3) is 0 Å². The van der Waals surface area contributed by atoms with Gasteiger partial charge < -0.3 is 15.0 Å². The van der Waals surface area contributed by atoms with Gasteiger partial charge in [0.05, 0.1) is 17.9 Å². The second-order valence-electron chi connectivity index (χ2n) is 5.39. The third-order valence-electron chi connectivity index (χ3n) is 3.34. The summed E-state index contributed by atoms with van der Waals surface area (Å²) in [6.07, 6.45) is 1.72. The molecule has 0 amide bonds. The Morgan fingerprint density at radius 1 is 1.47 bits per heavy atom.